The van der Waals surface area contributed by atoms with Crippen LogP contribution in [0.25, 0.3) is 0 Å². The number of carbonyl (C=O) groups is 2. The predicted octanol–water partition coefficient (Wildman–Crippen LogP) is 1.46. The third-order valence-electron chi connectivity index (χ3n) is 5.11. The molecule has 0 atom stereocenters. The number of urea groups is 1. The minimum absolute atomic E-state index is 0.0222. The maximum atomic E-state index is 11.9. The molecule has 1 saturated heterocycles. The Balaban J connectivity index is 1.48. The molecule has 1 aliphatic heterocycles. The second-order valence-corrected chi connectivity index (χ2v) is 7.14. The zero-order valence-electron chi connectivity index (χ0n) is 15.5. The lowest BCUT2D eigenvalue weighted by atomic mass is 9.78. The summed E-state index contributed by atoms with van der Waals surface area (Å²) in [4.78, 5) is 33.6. The number of hydrogen-bond donors (Lipinski definition) is 3. The van der Waals surface area contributed by atoms with Gasteiger partial charge in [-0.25, -0.2) is 14.8 Å². The molecule has 0 radical (unpaired) electrons. The highest BCUT2D eigenvalue weighted by atomic mass is 16.2. The molecule has 1 aromatic rings. The fourth-order valence-electron chi connectivity index (χ4n) is 3.64. The molecule has 142 valence electrons. The van der Waals surface area contributed by atoms with Crippen LogP contribution < -0.4 is 16.0 Å². The van der Waals surface area contributed by atoms with Gasteiger partial charge in [0, 0.05) is 56.3 Å². The van der Waals surface area contributed by atoms with E-state index in [9.17, 15) is 9.59 Å². The van der Waals surface area contributed by atoms with Crippen molar-refractivity contribution in [2.45, 2.75) is 57.5 Å². The lowest BCUT2D eigenvalue weighted by molar-refractivity contribution is -0.120. The van der Waals surface area contributed by atoms with Crippen LogP contribution in [0.1, 0.15) is 51.1 Å². The van der Waals surface area contributed by atoms with Crippen molar-refractivity contribution in [3.05, 3.63) is 18.1 Å². The molecular formula is C18H28N6O2. The number of amides is 3. The summed E-state index contributed by atoms with van der Waals surface area (Å²) in [7, 11) is 0. The van der Waals surface area contributed by atoms with E-state index in [1.54, 1.807) is 13.3 Å². The molecule has 0 bridgehead atoms. The smallest absolute Gasteiger partial charge is 0.317 e. The van der Waals surface area contributed by atoms with Gasteiger partial charge in [-0.2, -0.15) is 0 Å². The zero-order valence-corrected chi connectivity index (χ0v) is 15.5. The van der Waals surface area contributed by atoms with E-state index in [4.69, 9.17) is 0 Å². The molecule has 2 fully saturated rings. The first-order valence-electron chi connectivity index (χ1n) is 9.43. The number of aromatic nitrogens is 2. The third kappa shape index (κ3) is 4.62. The van der Waals surface area contributed by atoms with Crippen molar-refractivity contribution in [1.29, 1.82) is 0 Å². The van der Waals surface area contributed by atoms with Crippen molar-refractivity contribution in [2.24, 2.45) is 0 Å². The van der Waals surface area contributed by atoms with Crippen LogP contribution in [-0.4, -0.2) is 58.5 Å². The highest BCUT2D eigenvalue weighted by Gasteiger charge is 2.32. The summed E-state index contributed by atoms with van der Waals surface area (Å²) in [6.07, 6.45) is 5.28. The minimum Gasteiger partial charge on any atom is -0.367 e. The molecule has 1 aromatic heterocycles. The van der Waals surface area contributed by atoms with E-state index in [1.807, 2.05) is 17.9 Å². The highest BCUT2D eigenvalue weighted by Crippen LogP contribution is 2.36. The number of carbonyl (C=O) groups excluding carboxylic acids is 2. The molecule has 2 aliphatic rings. The molecule has 3 rings (SSSR count). The Morgan fingerprint density at radius 3 is 2.58 bits per heavy atom. The van der Waals surface area contributed by atoms with Crippen LogP contribution in [0.3, 0.4) is 0 Å². The average molecular weight is 360 g/mol. The van der Waals surface area contributed by atoms with Crippen LogP contribution in [0.15, 0.2) is 12.4 Å². The zero-order chi connectivity index (χ0) is 18.5. The van der Waals surface area contributed by atoms with Gasteiger partial charge in [-0.15, -0.1) is 0 Å². The average Bonchev–Trinajstić information content (AvgIpc) is 2.58. The van der Waals surface area contributed by atoms with E-state index in [1.165, 1.54) is 0 Å². The normalized spacial score (nSPS) is 23.1. The summed E-state index contributed by atoms with van der Waals surface area (Å²) in [5, 5.41) is 9.27. The van der Waals surface area contributed by atoms with Crippen LogP contribution in [0.4, 0.5) is 10.6 Å². The van der Waals surface area contributed by atoms with Crippen molar-refractivity contribution in [3.63, 3.8) is 0 Å². The number of nitrogens with zero attached hydrogens (tertiary/aromatic N) is 3. The quantitative estimate of drug-likeness (QED) is 0.738. The molecule has 3 N–H and O–H groups in total. The standard InChI is InChI=1S/C18H28N6O2/c1-3-19-18(26)24-6-4-14(5-7-24)23-17-10-16(20-11-21-17)13-8-15(9-13)22-12(2)25/h10-11,13-15H,3-9H2,1-2H3,(H,19,26)(H,22,25)(H,20,21,23). The van der Waals surface area contributed by atoms with Crippen LogP contribution in [0.5, 0.6) is 0 Å². The first kappa shape index (κ1) is 18.4. The van der Waals surface area contributed by atoms with Gasteiger partial charge >= 0.3 is 6.03 Å². The Bertz CT molecular complexity index is 638. The van der Waals surface area contributed by atoms with Gasteiger partial charge in [0.25, 0.3) is 0 Å². The van der Waals surface area contributed by atoms with Gasteiger partial charge in [0.05, 0.1) is 0 Å². The van der Waals surface area contributed by atoms with Gasteiger partial charge in [0.2, 0.25) is 5.91 Å². The summed E-state index contributed by atoms with van der Waals surface area (Å²) in [6.45, 7) is 5.65. The van der Waals surface area contributed by atoms with Crippen molar-refractivity contribution in [2.75, 3.05) is 25.0 Å². The SMILES string of the molecule is CCNC(=O)N1CCC(Nc2cc(C3CC(NC(C)=O)C3)ncn2)CC1. The van der Waals surface area contributed by atoms with Gasteiger partial charge in [-0.05, 0) is 32.6 Å². The van der Waals surface area contributed by atoms with Crippen LogP contribution in [-0.2, 0) is 4.79 Å². The van der Waals surface area contributed by atoms with E-state index in [0.29, 0.717) is 18.5 Å². The van der Waals surface area contributed by atoms with Gasteiger partial charge in [-0.1, -0.05) is 0 Å². The number of likely N-dealkylation sites (tertiary alicyclic amines) is 1. The molecule has 1 aliphatic carbocycles. The van der Waals surface area contributed by atoms with Gasteiger partial charge in [0.1, 0.15) is 12.1 Å². The maximum absolute atomic E-state index is 11.9. The largest absolute Gasteiger partial charge is 0.367 e. The number of nitrogens with one attached hydrogen (secondary N) is 3. The molecule has 26 heavy (non-hydrogen) atoms. The minimum atomic E-state index is 0.0222. The Morgan fingerprint density at radius 2 is 1.92 bits per heavy atom. The van der Waals surface area contributed by atoms with Crippen molar-refractivity contribution in [3.8, 4) is 0 Å². The Morgan fingerprint density at radius 1 is 1.19 bits per heavy atom. The molecule has 8 nitrogen and oxygen atoms in total. The molecular weight excluding hydrogens is 332 g/mol. The summed E-state index contributed by atoms with van der Waals surface area (Å²) in [6, 6.07) is 2.62. The van der Waals surface area contributed by atoms with Crippen LogP contribution in [0.2, 0.25) is 0 Å². The van der Waals surface area contributed by atoms with E-state index < -0.39 is 0 Å². The van der Waals surface area contributed by atoms with E-state index in [2.05, 4.69) is 25.9 Å². The van der Waals surface area contributed by atoms with E-state index in [-0.39, 0.29) is 18.0 Å². The maximum Gasteiger partial charge on any atom is 0.317 e. The van der Waals surface area contributed by atoms with Crippen molar-refractivity contribution < 1.29 is 9.59 Å². The van der Waals surface area contributed by atoms with Gasteiger partial charge < -0.3 is 20.9 Å². The van der Waals surface area contributed by atoms with Gasteiger partial charge in [0.15, 0.2) is 0 Å². The number of rotatable bonds is 5. The Kier molecular flexibility index (Phi) is 5.90. The predicted molar refractivity (Wildman–Crippen MR) is 98.9 cm³/mol. The van der Waals surface area contributed by atoms with Crippen LogP contribution in [0, 0.1) is 0 Å². The number of piperidine rings is 1. The fourth-order valence-corrected chi connectivity index (χ4v) is 3.64. The second kappa shape index (κ2) is 8.33. The number of hydrogen-bond acceptors (Lipinski definition) is 5. The Hall–Kier alpha value is -2.38. The summed E-state index contributed by atoms with van der Waals surface area (Å²) < 4.78 is 0. The molecule has 8 heteroatoms. The first-order valence-corrected chi connectivity index (χ1v) is 9.43. The molecule has 3 amide bonds. The third-order valence-corrected chi connectivity index (χ3v) is 5.11. The van der Waals surface area contributed by atoms with E-state index >= 15 is 0 Å². The first-order chi connectivity index (χ1) is 12.5. The molecule has 0 unspecified atom stereocenters. The van der Waals surface area contributed by atoms with Crippen LogP contribution >= 0.6 is 0 Å². The lowest BCUT2D eigenvalue weighted by Crippen LogP contribution is -2.46. The summed E-state index contributed by atoms with van der Waals surface area (Å²) in [5.74, 6) is 1.25. The molecule has 0 aromatic carbocycles. The van der Waals surface area contributed by atoms with Gasteiger partial charge in [-0.3, -0.25) is 4.79 Å². The molecule has 0 spiro atoms. The summed E-state index contributed by atoms with van der Waals surface area (Å²) in [5.41, 5.74) is 1.03. The fraction of sp³-hybridized carbons (Fsp3) is 0.667. The monoisotopic (exact) mass is 360 g/mol. The highest BCUT2D eigenvalue weighted by molar-refractivity contribution is 5.74. The second-order valence-electron chi connectivity index (χ2n) is 7.14. The van der Waals surface area contributed by atoms with Crippen molar-refractivity contribution in [1.82, 2.24) is 25.5 Å². The Labute approximate surface area is 154 Å². The van der Waals surface area contributed by atoms with E-state index in [0.717, 1.165) is 50.3 Å². The topological polar surface area (TPSA) is 99.2 Å². The number of anilines is 1. The molecule has 1 saturated carbocycles. The summed E-state index contributed by atoms with van der Waals surface area (Å²) >= 11 is 0. The van der Waals surface area contributed by atoms with Crippen molar-refractivity contribution >= 4 is 17.8 Å². The lowest BCUT2D eigenvalue weighted by Gasteiger charge is -2.35. The molecule has 2 heterocycles.